The summed E-state index contributed by atoms with van der Waals surface area (Å²) in [6.07, 6.45) is 1.51. The molecule has 7 heteroatoms. The number of benzene rings is 1. The lowest BCUT2D eigenvalue weighted by molar-refractivity contribution is -0.128. The third kappa shape index (κ3) is 4.29. The number of aryl methyl sites for hydroxylation is 2. The summed E-state index contributed by atoms with van der Waals surface area (Å²) in [5.74, 6) is 2.43. The highest BCUT2D eigenvalue weighted by atomic mass is 32.2. The van der Waals surface area contributed by atoms with Crippen LogP contribution in [-0.2, 0) is 10.5 Å². The molecule has 1 amide bonds. The first-order chi connectivity index (χ1) is 11.6. The molecule has 0 aliphatic carbocycles. The number of nitrogens with one attached hydrogen (secondary N) is 1. The third-order valence-corrected chi connectivity index (χ3v) is 5.10. The Hall–Kier alpha value is -2.02. The number of nitrogens with zero attached hydrogens (tertiary/aromatic N) is 4. The molecule has 24 heavy (non-hydrogen) atoms. The van der Waals surface area contributed by atoms with Crippen molar-refractivity contribution >= 4 is 23.6 Å². The van der Waals surface area contributed by atoms with Crippen LogP contribution in [0.25, 0.3) is 0 Å². The minimum absolute atomic E-state index is 0.224. The van der Waals surface area contributed by atoms with Crippen molar-refractivity contribution in [3.8, 4) is 0 Å². The summed E-state index contributed by atoms with van der Waals surface area (Å²) in [7, 11) is 0. The summed E-state index contributed by atoms with van der Waals surface area (Å²) in [5.41, 5.74) is 3.85. The van der Waals surface area contributed by atoms with Crippen molar-refractivity contribution in [1.29, 1.82) is 0 Å². The highest BCUT2D eigenvalue weighted by Gasteiger charge is 2.22. The van der Waals surface area contributed by atoms with Crippen LogP contribution < -0.4 is 4.90 Å². The number of thioether (sulfide) groups is 1. The summed E-state index contributed by atoms with van der Waals surface area (Å²) < 4.78 is 0. The maximum Gasteiger partial charge on any atom is 0.232 e. The van der Waals surface area contributed by atoms with Gasteiger partial charge in [-0.15, -0.1) is 11.8 Å². The van der Waals surface area contributed by atoms with Gasteiger partial charge in [0, 0.05) is 31.9 Å². The Bertz CT molecular complexity index is 660. The molecule has 0 radical (unpaired) electrons. The number of hydrogen-bond donors (Lipinski definition) is 1. The maximum absolute atomic E-state index is 12.4. The Morgan fingerprint density at radius 2 is 1.88 bits per heavy atom. The molecule has 1 aromatic carbocycles. The highest BCUT2D eigenvalue weighted by Crippen LogP contribution is 2.17. The van der Waals surface area contributed by atoms with Crippen LogP contribution in [0.5, 0.6) is 0 Å². The van der Waals surface area contributed by atoms with Crippen molar-refractivity contribution in [2.24, 2.45) is 0 Å². The lowest BCUT2D eigenvalue weighted by Gasteiger charge is -2.34. The zero-order chi connectivity index (χ0) is 16.9. The largest absolute Gasteiger partial charge is 0.338 e. The Balaban J connectivity index is 1.43. The number of H-pyrrole nitrogens is 1. The van der Waals surface area contributed by atoms with E-state index in [2.05, 4.69) is 52.1 Å². The van der Waals surface area contributed by atoms with Crippen LogP contribution in [0.3, 0.4) is 0 Å². The molecule has 0 saturated carbocycles. The van der Waals surface area contributed by atoms with Crippen molar-refractivity contribution < 1.29 is 4.79 Å². The smallest absolute Gasteiger partial charge is 0.232 e. The predicted octanol–water partition coefficient (Wildman–Crippen LogP) is 2.00. The first-order valence-electron chi connectivity index (χ1n) is 8.15. The molecule has 0 spiro atoms. The molecule has 1 N–H and O–H groups in total. The number of hydrogen-bond acceptors (Lipinski definition) is 5. The zero-order valence-electron chi connectivity index (χ0n) is 14.2. The molecule has 2 aromatic rings. The van der Waals surface area contributed by atoms with E-state index in [0.717, 1.165) is 37.9 Å². The van der Waals surface area contributed by atoms with Crippen LogP contribution in [0.2, 0.25) is 0 Å². The van der Waals surface area contributed by atoms with Gasteiger partial charge in [-0.25, -0.2) is 5.10 Å². The van der Waals surface area contributed by atoms with E-state index >= 15 is 0 Å². The van der Waals surface area contributed by atoms with E-state index in [0.29, 0.717) is 5.75 Å². The lowest BCUT2D eigenvalue weighted by atomic mass is 10.1. The summed E-state index contributed by atoms with van der Waals surface area (Å²) >= 11 is 1.69. The first kappa shape index (κ1) is 16.8. The number of rotatable bonds is 5. The fourth-order valence-electron chi connectivity index (χ4n) is 3.02. The van der Waals surface area contributed by atoms with Crippen LogP contribution in [0.1, 0.15) is 16.7 Å². The van der Waals surface area contributed by atoms with Crippen molar-refractivity contribution in [3.63, 3.8) is 0 Å². The molecule has 0 atom stereocenters. The highest BCUT2D eigenvalue weighted by molar-refractivity contribution is 7.99. The molecule has 6 nitrogen and oxygen atoms in total. The van der Waals surface area contributed by atoms with Crippen molar-refractivity contribution in [3.05, 3.63) is 41.2 Å². The van der Waals surface area contributed by atoms with Crippen molar-refractivity contribution in [2.45, 2.75) is 19.6 Å². The second-order valence-corrected chi connectivity index (χ2v) is 7.15. The van der Waals surface area contributed by atoms with Gasteiger partial charge in [0.15, 0.2) is 0 Å². The Morgan fingerprint density at radius 1 is 1.17 bits per heavy atom. The number of carbonyl (C=O) groups excluding carboxylic acids is 1. The fourth-order valence-corrected chi connectivity index (χ4v) is 3.88. The molecule has 1 saturated heterocycles. The van der Waals surface area contributed by atoms with E-state index in [9.17, 15) is 4.79 Å². The summed E-state index contributed by atoms with van der Waals surface area (Å²) in [4.78, 5) is 20.6. The van der Waals surface area contributed by atoms with Gasteiger partial charge in [-0.05, 0) is 19.4 Å². The monoisotopic (exact) mass is 345 g/mol. The summed E-state index contributed by atoms with van der Waals surface area (Å²) in [6, 6.07) is 6.56. The SMILES string of the molecule is Cc1cc(C)cc(CSCC(=O)N2CCN(c3ncn[nH]3)CC2)c1. The molecule has 2 heterocycles. The second-order valence-electron chi connectivity index (χ2n) is 6.17. The van der Waals surface area contributed by atoms with Crippen LogP contribution >= 0.6 is 11.8 Å². The molecular formula is C17H23N5OS. The van der Waals surface area contributed by atoms with Gasteiger partial charge in [-0.3, -0.25) is 4.79 Å². The quantitative estimate of drug-likeness (QED) is 0.898. The Morgan fingerprint density at radius 3 is 2.50 bits per heavy atom. The lowest BCUT2D eigenvalue weighted by Crippen LogP contribution is -2.49. The molecular weight excluding hydrogens is 322 g/mol. The van der Waals surface area contributed by atoms with Gasteiger partial charge in [-0.2, -0.15) is 10.1 Å². The van der Waals surface area contributed by atoms with Crippen LogP contribution in [0.4, 0.5) is 5.95 Å². The van der Waals surface area contributed by atoms with Gasteiger partial charge in [0.05, 0.1) is 5.75 Å². The average Bonchev–Trinajstić information content (AvgIpc) is 3.08. The molecule has 0 unspecified atom stereocenters. The fraction of sp³-hybridized carbons (Fsp3) is 0.471. The third-order valence-electron chi connectivity index (χ3n) is 4.11. The van der Waals surface area contributed by atoms with Gasteiger partial charge >= 0.3 is 0 Å². The number of aromatic amines is 1. The second kappa shape index (κ2) is 7.70. The Kier molecular flexibility index (Phi) is 5.40. The van der Waals surface area contributed by atoms with Gasteiger partial charge in [0.25, 0.3) is 0 Å². The number of aromatic nitrogens is 3. The average molecular weight is 345 g/mol. The molecule has 1 aliphatic rings. The van der Waals surface area contributed by atoms with E-state index in [1.165, 1.54) is 23.0 Å². The molecule has 1 aliphatic heterocycles. The number of piperazine rings is 1. The van der Waals surface area contributed by atoms with Gasteiger partial charge in [-0.1, -0.05) is 29.3 Å². The van der Waals surface area contributed by atoms with Crippen LogP contribution in [-0.4, -0.2) is 57.9 Å². The Labute approximate surface area is 146 Å². The van der Waals surface area contributed by atoms with E-state index in [1.54, 1.807) is 11.8 Å². The van der Waals surface area contributed by atoms with E-state index < -0.39 is 0 Å². The predicted molar refractivity (Wildman–Crippen MR) is 97.3 cm³/mol. The minimum Gasteiger partial charge on any atom is -0.338 e. The topological polar surface area (TPSA) is 65.1 Å². The van der Waals surface area contributed by atoms with Crippen LogP contribution in [0.15, 0.2) is 24.5 Å². The minimum atomic E-state index is 0.224. The molecule has 128 valence electrons. The number of anilines is 1. The standard InChI is InChI=1S/C17H23N5OS/c1-13-7-14(2)9-15(8-13)10-24-11-16(23)21-3-5-22(6-4-21)17-18-12-19-20-17/h7-9,12H,3-6,10-11H2,1-2H3,(H,18,19,20). The van der Waals surface area contributed by atoms with Gasteiger partial charge < -0.3 is 9.80 Å². The van der Waals surface area contributed by atoms with Crippen molar-refractivity contribution in [2.75, 3.05) is 36.8 Å². The zero-order valence-corrected chi connectivity index (χ0v) is 15.0. The van der Waals surface area contributed by atoms with Crippen molar-refractivity contribution in [1.82, 2.24) is 20.1 Å². The normalized spacial score (nSPS) is 14.9. The van der Waals surface area contributed by atoms with E-state index in [-0.39, 0.29) is 5.91 Å². The summed E-state index contributed by atoms with van der Waals surface area (Å²) in [5, 5.41) is 6.74. The van der Waals surface area contributed by atoms with Crippen LogP contribution in [0, 0.1) is 13.8 Å². The van der Waals surface area contributed by atoms with Gasteiger partial charge in [0.1, 0.15) is 6.33 Å². The molecule has 3 rings (SSSR count). The molecule has 1 aromatic heterocycles. The first-order valence-corrected chi connectivity index (χ1v) is 9.30. The van der Waals surface area contributed by atoms with Gasteiger partial charge in [0.2, 0.25) is 11.9 Å². The number of amides is 1. The van der Waals surface area contributed by atoms with E-state index in [1.807, 2.05) is 4.90 Å². The maximum atomic E-state index is 12.4. The number of carbonyl (C=O) groups is 1. The summed E-state index contributed by atoms with van der Waals surface area (Å²) in [6.45, 7) is 7.29. The molecule has 1 fully saturated rings. The molecule has 0 bridgehead atoms. The van der Waals surface area contributed by atoms with E-state index in [4.69, 9.17) is 0 Å².